The molecular formula is C14H17N3OS2. The molecule has 1 N–H and O–H groups in total. The van der Waals surface area contributed by atoms with Gasteiger partial charge in [-0.3, -0.25) is 4.79 Å². The van der Waals surface area contributed by atoms with Crippen molar-refractivity contribution in [1.82, 2.24) is 10.2 Å². The van der Waals surface area contributed by atoms with Gasteiger partial charge in [0.2, 0.25) is 5.91 Å². The van der Waals surface area contributed by atoms with Crippen molar-refractivity contribution in [3.8, 4) is 0 Å². The Balaban J connectivity index is 2.04. The van der Waals surface area contributed by atoms with Crippen molar-refractivity contribution >= 4 is 34.7 Å². The van der Waals surface area contributed by atoms with Gasteiger partial charge >= 0.3 is 0 Å². The van der Waals surface area contributed by atoms with E-state index >= 15 is 0 Å². The summed E-state index contributed by atoms with van der Waals surface area (Å²) in [5, 5.41) is 11.7. The van der Waals surface area contributed by atoms with Gasteiger partial charge in [-0.1, -0.05) is 41.3 Å². The van der Waals surface area contributed by atoms with Crippen molar-refractivity contribution in [3.05, 3.63) is 34.3 Å². The summed E-state index contributed by atoms with van der Waals surface area (Å²) in [5.74, 6) is -0.0137. The summed E-state index contributed by atoms with van der Waals surface area (Å²) < 4.78 is 0.826. The average Bonchev–Trinajstić information content (AvgIpc) is 2.79. The molecule has 0 aliphatic rings. The fourth-order valence-electron chi connectivity index (χ4n) is 1.77. The van der Waals surface area contributed by atoms with Gasteiger partial charge in [0.05, 0.1) is 5.25 Å². The first-order valence-corrected chi connectivity index (χ1v) is 8.01. The summed E-state index contributed by atoms with van der Waals surface area (Å²) in [6.07, 6.45) is 0. The predicted molar refractivity (Wildman–Crippen MR) is 84.5 cm³/mol. The van der Waals surface area contributed by atoms with Crippen molar-refractivity contribution in [1.29, 1.82) is 0 Å². The van der Waals surface area contributed by atoms with Gasteiger partial charge in [-0.2, -0.15) is 0 Å². The standard InChI is InChI=1S/C14H17N3OS2/c1-8-6-5-7-9(2)12(8)15-13(18)10(3)19-14-17-16-11(4)20-14/h5-7,10H,1-4H3,(H,15,18)/t10-/m0/s1. The second-order valence-corrected chi connectivity index (χ2v) is 7.37. The molecule has 1 aromatic carbocycles. The first-order valence-electron chi connectivity index (χ1n) is 6.31. The number of rotatable bonds is 4. The van der Waals surface area contributed by atoms with E-state index in [1.165, 1.54) is 23.1 Å². The Morgan fingerprint density at radius 2 is 1.90 bits per heavy atom. The Morgan fingerprint density at radius 3 is 2.45 bits per heavy atom. The molecule has 0 bridgehead atoms. The second-order valence-electron chi connectivity index (χ2n) is 4.60. The SMILES string of the molecule is Cc1nnc(S[C@@H](C)C(=O)Nc2c(C)cccc2C)s1. The summed E-state index contributed by atoms with van der Waals surface area (Å²) in [6, 6.07) is 5.98. The summed E-state index contributed by atoms with van der Waals surface area (Å²) in [4.78, 5) is 12.3. The Morgan fingerprint density at radius 1 is 1.25 bits per heavy atom. The van der Waals surface area contributed by atoms with Crippen LogP contribution in [0.4, 0.5) is 5.69 Å². The maximum Gasteiger partial charge on any atom is 0.237 e. The number of aryl methyl sites for hydroxylation is 3. The molecule has 0 aliphatic heterocycles. The molecule has 1 amide bonds. The highest BCUT2D eigenvalue weighted by molar-refractivity contribution is 8.02. The number of benzene rings is 1. The molecule has 0 aliphatic carbocycles. The van der Waals surface area contributed by atoms with Crippen molar-refractivity contribution in [2.75, 3.05) is 5.32 Å². The predicted octanol–water partition coefficient (Wildman–Crippen LogP) is 3.58. The molecule has 1 atom stereocenters. The largest absolute Gasteiger partial charge is 0.325 e. The van der Waals surface area contributed by atoms with Crippen LogP contribution in [0.5, 0.6) is 0 Å². The zero-order valence-electron chi connectivity index (χ0n) is 11.9. The number of anilines is 1. The number of amides is 1. The Bertz CT molecular complexity index is 604. The fraction of sp³-hybridized carbons (Fsp3) is 0.357. The summed E-state index contributed by atoms with van der Waals surface area (Å²) in [5.41, 5.74) is 3.04. The van der Waals surface area contributed by atoms with E-state index in [4.69, 9.17) is 0 Å². The molecule has 0 radical (unpaired) electrons. The Hall–Kier alpha value is -1.40. The van der Waals surface area contributed by atoms with E-state index in [2.05, 4.69) is 15.5 Å². The van der Waals surface area contributed by atoms with Gasteiger partial charge in [-0.25, -0.2) is 0 Å². The number of para-hydroxylation sites is 1. The Kier molecular flexibility index (Phi) is 4.77. The molecule has 20 heavy (non-hydrogen) atoms. The fourth-order valence-corrected chi connectivity index (χ4v) is 3.73. The van der Waals surface area contributed by atoms with Gasteiger partial charge in [-0.05, 0) is 38.8 Å². The molecule has 1 heterocycles. The number of hydrogen-bond donors (Lipinski definition) is 1. The molecule has 1 aromatic heterocycles. The smallest absolute Gasteiger partial charge is 0.237 e. The molecule has 106 valence electrons. The van der Waals surface area contributed by atoms with Crippen LogP contribution >= 0.6 is 23.1 Å². The number of nitrogens with zero attached hydrogens (tertiary/aromatic N) is 2. The lowest BCUT2D eigenvalue weighted by atomic mass is 10.1. The van der Waals surface area contributed by atoms with Crippen LogP contribution in [0.15, 0.2) is 22.5 Å². The third-order valence-corrected chi connectivity index (χ3v) is 4.91. The molecule has 2 aromatic rings. The molecule has 4 nitrogen and oxygen atoms in total. The molecule has 0 saturated heterocycles. The molecule has 2 rings (SSSR count). The number of nitrogens with one attached hydrogen (secondary N) is 1. The monoisotopic (exact) mass is 307 g/mol. The number of thioether (sulfide) groups is 1. The Labute approximate surface area is 127 Å². The molecule has 0 unspecified atom stereocenters. The van der Waals surface area contributed by atoms with Gasteiger partial charge in [-0.15, -0.1) is 10.2 Å². The summed E-state index contributed by atoms with van der Waals surface area (Å²) >= 11 is 2.94. The number of carbonyl (C=O) groups excluding carboxylic acids is 1. The molecular weight excluding hydrogens is 290 g/mol. The molecule has 0 spiro atoms. The highest BCUT2D eigenvalue weighted by Gasteiger charge is 2.18. The maximum absolute atomic E-state index is 12.3. The highest BCUT2D eigenvalue weighted by Crippen LogP contribution is 2.27. The molecule has 0 saturated carbocycles. The number of hydrogen-bond acceptors (Lipinski definition) is 5. The van der Waals surface area contributed by atoms with E-state index in [9.17, 15) is 4.79 Å². The number of aromatic nitrogens is 2. The summed E-state index contributed by atoms with van der Waals surface area (Å²) in [6.45, 7) is 7.77. The first-order chi connectivity index (χ1) is 9.47. The number of carbonyl (C=O) groups is 1. The van der Waals surface area contributed by atoms with Crippen molar-refractivity contribution in [3.63, 3.8) is 0 Å². The lowest BCUT2D eigenvalue weighted by molar-refractivity contribution is -0.115. The van der Waals surface area contributed by atoms with E-state index in [0.717, 1.165) is 26.2 Å². The average molecular weight is 307 g/mol. The second kappa shape index (κ2) is 6.37. The van der Waals surface area contributed by atoms with Crippen LogP contribution in [0.1, 0.15) is 23.1 Å². The van der Waals surface area contributed by atoms with Gasteiger partial charge < -0.3 is 5.32 Å². The van der Waals surface area contributed by atoms with Crippen molar-refractivity contribution in [2.24, 2.45) is 0 Å². The van der Waals surface area contributed by atoms with Crippen molar-refractivity contribution in [2.45, 2.75) is 37.3 Å². The van der Waals surface area contributed by atoms with E-state index in [1.807, 2.05) is 45.9 Å². The third kappa shape index (κ3) is 3.58. The van der Waals surface area contributed by atoms with E-state index in [0.29, 0.717) is 0 Å². The lowest BCUT2D eigenvalue weighted by Crippen LogP contribution is -2.23. The van der Waals surface area contributed by atoms with Crippen LogP contribution in [0.25, 0.3) is 0 Å². The third-order valence-electron chi connectivity index (χ3n) is 2.88. The normalized spacial score (nSPS) is 12.2. The summed E-state index contributed by atoms with van der Waals surface area (Å²) in [7, 11) is 0. The van der Waals surface area contributed by atoms with E-state index in [1.54, 1.807) is 0 Å². The van der Waals surface area contributed by atoms with Crippen LogP contribution < -0.4 is 5.32 Å². The van der Waals surface area contributed by atoms with Crippen molar-refractivity contribution < 1.29 is 4.79 Å². The quantitative estimate of drug-likeness (QED) is 0.877. The lowest BCUT2D eigenvalue weighted by Gasteiger charge is -2.14. The first kappa shape index (κ1) is 15.0. The van der Waals surface area contributed by atoms with Crippen LogP contribution in [0.2, 0.25) is 0 Å². The molecule has 6 heteroatoms. The zero-order valence-corrected chi connectivity index (χ0v) is 13.6. The van der Waals surface area contributed by atoms with Gasteiger partial charge in [0, 0.05) is 5.69 Å². The van der Waals surface area contributed by atoms with E-state index < -0.39 is 0 Å². The van der Waals surface area contributed by atoms with Gasteiger partial charge in [0.1, 0.15) is 5.01 Å². The minimum absolute atomic E-state index is 0.0137. The highest BCUT2D eigenvalue weighted by atomic mass is 32.2. The van der Waals surface area contributed by atoms with Crippen LogP contribution in [-0.2, 0) is 4.79 Å². The zero-order chi connectivity index (χ0) is 14.7. The van der Waals surface area contributed by atoms with Crippen LogP contribution in [0, 0.1) is 20.8 Å². The van der Waals surface area contributed by atoms with Gasteiger partial charge in [0.25, 0.3) is 0 Å². The van der Waals surface area contributed by atoms with Crippen LogP contribution in [0.3, 0.4) is 0 Å². The molecule has 0 fully saturated rings. The van der Waals surface area contributed by atoms with Gasteiger partial charge in [0.15, 0.2) is 4.34 Å². The minimum Gasteiger partial charge on any atom is -0.325 e. The minimum atomic E-state index is -0.207. The van der Waals surface area contributed by atoms with E-state index in [-0.39, 0.29) is 11.2 Å². The van der Waals surface area contributed by atoms with Crippen LogP contribution in [-0.4, -0.2) is 21.4 Å². The topological polar surface area (TPSA) is 54.9 Å². The maximum atomic E-state index is 12.3.